The lowest BCUT2D eigenvalue weighted by Gasteiger charge is -2.16. The number of ether oxygens (including phenoxy) is 1. The molecule has 19 heavy (non-hydrogen) atoms. The van der Waals surface area contributed by atoms with Gasteiger partial charge in [-0.2, -0.15) is 0 Å². The molecule has 5 nitrogen and oxygen atoms in total. The molecular formula is C14H20N2O3. The Morgan fingerprint density at radius 2 is 2.32 bits per heavy atom. The van der Waals surface area contributed by atoms with Gasteiger partial charge in [-0.3, -0.25) is 4.79 Å². The summed E-state index contributed by atoms with van der Waals surface area (Å²) in [5.41, 5.74) is 0.733. The molecule has 1 aliphatic rings. The highest BCUT2D eigenvalue weighted by Gasteiger charge is 2.20. The van der Waals surface area contributed by atoms with Crippen molar-refractivity contribution in [2.24, 2.45) is 0 Å². The summed E-state index contributed by atoms with van der Waals surface area (Å²) in [6.45, 7) is 1.20. The van der Waals surface area contributed by atoms with Gasteiger partial charge < -0.3 is 20.5 Å². The Morgan fingerprint density at radius 3 is 3.11 bits per heavy atom. The predicted molar refractivity (Wildman–Crippen MR) is 72.1 cm³/mol. The van der Waals surface area contributed by atoms with Gasteiger partial charge in [-0.1, -0.05) is 0 Å². The van der Waals surface area contributed by atoms with Crippen LogP contribution in [0.1, 0.15) is 24.8 Å². The van der Waals surface area contributed by atoms with Gasteiger partial charge in [0.1, 0.15) is 11.5 Å². The van der Waals surface area contributed by atoms with Crippen LogP contribution in [-0.4, -0.2) is 30.7 Å². The lowest BCUT2D eigenvalue weighted by atomic mass is 10.1. The average Bonchev–Trinajstić information content (AvgIpc) is 2.63. The van der Waals surface area contributed by atoms with Gasteiger partial charge in [0, 0.05) is 18.7 Å². The van der Waals surface area contributed by atoms with Crippen molar-refractivity contribution in [3.8, 4) is 11.5 Å². The van der Waals surface area contributed by atoms with Crippen molar-refractivity contribution in [2.45, 2.75) is 31.8 Å². The van der Waals surface area contributed by atoms with Crippen LogP contribution in [0, 0.1) is 0 Å². The zero-order chi connectivity index (χ0) is 13.7. The van der Waals surface area contributed by atoms with Crippen LogP contribution >= 0.6 is 0 Å². The number of carbonyl (C=O) groups excluding carboxylic acids is 1. The summed E-state index contributed by atoms with van der Waals surface area (Å²) in [5, 5.41) is 15.9. The number of nitrogens with one attached hydrogen (secondary N) is 2. The van der Waals surface area contributed by atoms with Crippen LogP contribution < -0.4 is 15.4 Å². The lowest BCUT2D eigenvalue weighted by molar-refractivity contribution is -0.122. The standard InChI is InChI=1S/C14H20N2O3/c1-19-11-5-6-13(17)10(8-11)9-16-12-4-2-3-7-15-14(12)18/h5-6,8,12,16-17H,2-4,7,9H2,1H3,(H,15,18). The molecule has 1 heterocycles. The number of rotatable bonds is 4. The van der Waals surface area contributed by atoms with E-state index in [2.05, 4.69) is 10.6 Å². The van der Waals surface area contributed by atoms with Crippen LogP contribution in [0.15, 0.2) is 18.2 Å². The van der Waals surface area contributed by atoms with Crippen molar-refractivity contribution >= 4 is 5.91 Å². The minimum absolute atomic E-state index is 0.0416. The van der Waals surface area contributed by atoms with Crippen molar-refractivity contribution in [3.63, 3.8) is 0 Å². The van der Waals surface area contributed by atoms with Crippen LogP contribution in [0.4, 0.5) is 0 Å². The van der Waals surface area contributed by atoms with Crippen LogP contribution in [0.3, 0.4) is 0 Å². The highest BCUT2D eigenvalue weighted by molar-refractivity contribution is 5.81. The molecule has 1 amide bonds. The third-order valence-corrected chi connectivity index (χ3v) is 3.36. The van der Waals surface area contributed by atoms with Crippen molar-refractivity contribution in [1.82, 2.24) is 10.6 Å². The first-order valence-electron chi connectivity index (χ1n) is 6.57. The fourth-order valence-electron chi connectivity index (χ4n) is 2.20. The predicted octanol–water partition coefficient (Wildman–Crippen LogP) is 1.16. The summed E-state index contributed by atoms with van der Waals surface area (Å²) in [5.74, 6) is 0.946. The Labute approximate surface area is 113 Å². The van der Waals surface area contributed by atoms with Crippen LogP contribution in [0.5, 0.6) is 11.5 Å². The van der Waals surface area contributed by atoms with Gasteiger partial charge in [-0.25, -0.2) is 0 Å². The van der Waals surface area contributed by atoms with E-state index < -0.39 is 0 Å². The first-order valence-corrected chi connectivity index (χ1v) is 6.57. The summed E-state index contributed by atoms with van der Waals surface area (Å²) in [7, 11) is 1.59. The normalized spacial score (nSPS) is 19.6. The number of aromatic hydroxyl groups is 1. The number of phenolic OH excluding ortho intramolecular Hbond substituents is 1. The second-order valence-electron chi connectivity index (χ2n) is 4.71. The number of benzene rings is 1. The molecule has 1 unspecified atom stereocenters. The molecule has 104 valence electrons. The molecule has 0 aliphatic carbocycles. The second-order valence-corrected chi connectivity index (χ2v) is 4.71. The number of methoxy groups -OCH3 is 1. The van der Waals surface area contributed by atoms with Crippen LogP contribution in [0.25, 0.3) is 0 Å². The molecule has 0 bridgehead atoms. The van der Waals surface area contributed by atoms with Gasteiger partial charge in [0.15, 0.2) is 0 Å². The minimum atomic E-state index is -0.187. The van der Waals surface area contributed by atoms with E-state index in [1.54, 1.807) is 25.3 Å². The molecule has 1 atom stereocenters. The molecule has 1 aliphatic heterocycles. The quantitative estimate of drug-likeness (QED) is 0.763. The van der Waals surface area contributed by atoms with E-state index in [0.29, 0.717) is 12.3 Å². The molecular weight excluding hydrogens is 244 g/mol. The van der Waals surface area contributed by atoms with Gasteiger partial charge in [0.2, 0.25) is 5.91 Å². The molecule has 1 saturated heterocycles. The molecule has 2 rings (SSSR count). The summed E-state index contributed by atoms with van der Waals surface area (Å²) in [6, 6.07) is 4.89. The molecule has 1 aromatic rings. The number of phenols is 1. The molecule has 5 heteroatoms. The first kappa shape index (κ1) is 13.7. The zero-order valence-corrected chi connectivity index (χ0v) is 11.1. The SMILES string of the molecule is COc1ccc(O)c(CNC2CCCCNC2=O)c1. The third-order valence-electron chi connectivity index (χ3n) is 3.36. The second kappa shape index (κ2) is 6.43. The molecule has 3 N–H and O–H groups in total. The summed E-state index contributed by atoms with van der Waals surface area (Å²) < 4.78 is 5.12. The Morgan fingerprint density at radius 1 is 1.47 bits per heavy atom. The molecule has 0 spiro atoms. The Kier molecular flexibility index (Phi) is 4.63. The van der Waals surface area contributed by atoms with Gasteiger partial charge in [-0.15, -0.1) is 0 Å². The van der Waals surface area contributed by atoms with Crippen LogP contribution in [0.2, 0.25) is 0 Å². The van der Waals surface area contributed by atoms with E-state index in [4.69, 9.17) is 4.74 Å². The topological polar surface area (TPSA) is 70.6 Å². The third kappa shape index (κ3) is 3.61. The number of carbonyl (C=O) groups is 1. The van der Waals surface area contributed by atoms with E-state index in [1.807, 2.05) is 0 Å². The van der Waals surface area contributed by atoms with E-state index in [-0.39, 0.29) is 17.7 Å². The lowest BCUT2D eigenvalue weighted by Crippen LogP contribution is -2.42. The first-order chi connectivity index (χ1) is 9.20. The maximum Gasteiger partial charge on any atom is 0.237 e. The Balaban J connectivity index is 1.99. The summed E-state index contributed by atoms with van der Waals surface area (Å²) >= 11 is 0. The van der Waals surface area contributed by atoms with Crippen LogP contribution in [-0.2, 0) is 11.3 Å². The minimum Gasteiger partial charge on any atom is -0.508 e. The van der Waals surface area contributed by atoms with Crippen molar-refractivity contribution in [3.05, 3.63) is 23.8 Å². The maximum atomic E-state index is 11.8. The van der Waals surface area contributed by atoms with Crippen molar-refractivity contribution in [2.75, 3.05) is 13.7 Å². The Bertz CT molecular complexity index is 448. The highest BCUT2D eigenvalue weighted by Crippen LogP contribution is 2.22. The number of amides is 1. The molecule has 0 radical (unpaired) electrons. The fourth-order valence-corrected chi connectivity index (χ4v) is 2.20. The van der Waals surface area contributed by atoms with E-state index in [1.165, 1.54) is 0 Å². The largest absolute Gasteiger partial charge is 0.508 e. The summed E-state index contributed by atoms with van der Waals surface area (Å²) in [4.78, 5) is 11.8. The highest BCUT2D eigenvalue weighted by atomic mass is 16.5. The molecule has 1 fully saturated rings. The monoisotopic (exact) mass is 264 g/mol. The van der Waals surface area contributed by atoms with E-state index >= 15 is 0 Å². The molecule has 0 saturated carbocycles. The smallest absolute Gasteiger partial charge is 0.237 e. The maximum absolute atomic E-state index is 11.8. The van der Waals surface area contributed by atoms with Gasteiger partial charge in [0.05, 0.1) is 13.2 Å². The van der Waals surface area contributed by atoms with Crippen molar-refractivity contribution < 1.29 is 14.6 Å². The molecule has 1 aromatic carbocycles. The Hall–Kier alpha value is -1.75. The number of hydrogen-bond donors (Lipinski definition) is 3. The van der Waals surface area contributed by atoms with E-state index in [9.17, 15) is 9.90 Å². The molecule has 0 aromatic heterocycles. The average molecular weight is 264 g/mol. The van der Waals surface area contributed by atoms with Gasteiger partial charge in [0.25, 0.3) is 0 Å². The van der Waals surface area contributed by atoms with E-state index in [0.717, 1.165) is 31.4 Å². The summed E-state index contributed by atoms with van der Waals surface area (Å²) in [6.07, 6.45) is 2.88. The van der Waals surface area contributed by atoms with Gasteiger partial charge in [-0.05, 0) is 37.5 Å². The fraction of sp³-hybridized carbons (Fsp3) is 0.500. The van der Waals surface area contributed by atoms with Gasteiger partial charge >= 0.3 is 0 Å². The number of hydrogen-bond acceptors (Lipinski definition) is 4. The zero-order valence-electron chi connectivity index (χ0n) is 11.1. The van der Waals surface area contributed by atoms with Crippen molar-refractivity contribution in [1.29, 1.82) is 0 Å².